The predicted octanol–water partition coefficient (Wildman–Crippen LogP) is 2.35. The zero-order valence-corrected chi connectivity index (χ0v) is 14.0. The van der Waals surface area contributed by atoms with Gasteiger partial charge in [0, 0.05) is 12.4 Å². The highest BCUT2D eigenvalue weighted by Gasteiger charge is 2.09. The van der Waals surface area contributed by atoms with Crippen molar-refractivity contribution in [2.75, 3.05) is 6.61 Å². The van der Waals surface area contributed by atoms with Crippen LogP contribution in [0.5, 0.6) is 5.75 Å². The summed E-state index contributed by atoms with van der Waals surface area (Å²) in [6.07, 6.45) is 2.98. The quantitative estimate of drug-likeness (QED) is 0.826. The third kappa shape index (κ3) is 4.81. The van der Waals surface area contributed by atoms with Gasteiger partial charge in [-0.15, -0.1) is 0 Å². The van der Waals surface area contributed by atoms with Crippen molar-refractivity contribution in [1.82, 2.24) is 15.8 Å². The minimum absolute atomic E-state index is 0.185. The molecule has 2 N–H and O–H groups in total. The lowest BCUT2D eigenvalue weighted by Crippen LogP contribution is -2.43. The first-order valence-corrected chi connectivity index (χ1v) is 7.70. The molecule has 2 rings (SSSR count). The van der Waals surface area contributed by atoms with Gasteiger partial charge in [0.05, 0.1) is 5.56 Å². The number of hydrogen-bond donors (Lipinski definition) is 2. The number of aromatic nitrogens is 1. The molecule has 0 saturated carbocycles. The SMILES string of the molecule is Cc1ccc(C(C)C)cc1OCC(=O)NNC(=O)c1cccnc1. The van der Waals surface area contributed by atoms with E-state index in [4.69, 9.17) is 4.74 Å². The Kier molecular flexibility index (Phi) is 5.89. The van der Waals surface area contributed by atoms with E-state index in [0.717, 1.165) is 11.1 Å². The van der Waals surface area contributed by atoms with Crippen LogP contribution in [-0.4, -0.2) is 23.4 Å². The van der Waals surface area contributed by atoms with Crippen molar-refractivity contribution >= 4 is 11.8 Å². The van der Waals surface area contributed by atoms with Crippen LogP contribution in [0, 0.1) is 6.92 Å². The lowest BCUT2D eigenvalue weighted by molar-refractivity contribution is -0.123. The van der Waals surface area contributed by atoms with Gasteiger partial charge in [-0.25, -0.2) is 0 Å². The predicted molar refractivity (Wildman–Crippen MR) is 90.6 cm³/mol. The van der Waals surface area contributed by atoms with E-state index in [2.05, 4.69) is 29.7 Å². The maximum atomic E-state index is 11.8. The maximum absolute atomic E-state index is 11.8. The largest absolute Gasteiger partial charge is 0.483 e. The second kappa shape index (κ2) is 8.10. The van der Waals surface area contributed by atoms with Crippen LogP contribution in [0.3, 0.4) is 0 Å². The van der Waals surface area contributed by atoms with E-state index in [9.17, 15) is 9.59 Å². The number of aryl methyl sites for hydroxylation is 1. The maximum Gasteiger partial charge on any atom is 0.276 e. The number of carbonyl (C=O) groups excluding carboxylic acids is 2. The van der Waals surface area contributed by atoms with E-state index >= 15 is 0 Å². The zero-order chi connectivity index (χ0) is 17.5. The van der Waals surface area contributed by atoms with Crippen LogP contribution in [0.1, 0.15) is 41.3 Å². The average Bonchev–Trinajstić information content (AvgIpc) is 2.59. The standard InChI is InChI=1S/C18H21N3O3/c1-12(2)14-7-6-13(3)16(9-14)24-11-17(22)20-21-18(23)15-5-4-8-19-10-15/h4-10,12H,11H2,1-3H3,(H,20,22)(H,21,23). The Bertz CT molecular complexity index is 715. The van der Waals surface area contributed by atoms with Crippen LogP contribution >= 0.6 is 0 Å². The Labute approximate surface area is 141 Å². The molecule has 1 aromatic carbocycles. The summed E-state index contributed by atoms with van der Waals surface area (Å²) < 4.78 is 5.55. The van der Waals surface area contributed by atoms with Gasteiger partial charge in [0.2, 0.25) is 0 Å². The Balaban J connectivity index is 1.85. The van der Waals surface area contributed by atoms with Gasteiger partial charge in [-0.05, 0) is 42.2 Å². The van der Waals surface area contributed by atoms with E-state index < -0.39 is 11.8 Å². The number of hydrogen-bond acceptors (Lipinski definition) is 4. The van der Waals surface area contributed by atoms with E-state index in [1.165, 1.54) is 6.20 Å². The fourth-order valence-corrected chi connectivity index (χ4v) is 2.01. The van der Waals surface area contributed by atoms with Gasteiger partial charge >= 0.3 is 0 Å². The molecule has 126 valence electrons. The van der Waals surface area contributed by atoms with Crippen molar-refractivity contribution in [2.45, 2.75) is 26.7 Å². The van der Waals surface area contributed by atoms with Gasteiger partial charge in [0.1, 0.15) is 5.75 Å². The fraction of sp³-hybridized carbons (Fsp3) is 0.278. The summed E-state index contributed by atoms with van der Waals surface area (Å²) in [4.78, 5) is 27.4. The summed E-state index contributed by atoms with van der Waals surface area (Å²) in [7, 11) is 0. The van der Waals surface area contributed by atoms with Gasteiger partial charge in [0.25, 0.3) is 11.8 Å². The number of rotatable bonds is 5. The number of carbonyl (C=O) groups is 2. The molecule has 24 heavy (non-hydrogen) atoms. The molecule has 0 saturated heterocycles. The Hall–Kier alpha value is -2.89. The zero-order valence-electron chi connectivity index (χ0n) is 14.0. The van der Waals surface area contributed by atoms with Crippen molar-refractivity contribution in [2.24, 2.45) is 0 Å². The number of amides is 2. The van der Waals surface area contributed by atoms with Crippen LogP contribution < -0.4 is 15.6 Å². The van der Waals surface area contributed by atoms with Gasteiger partial charge in [-0.1, -0.05) is 26.0 Å². The third-order valence-corrected chi connectivity index (χ3v) is 3.48. The summed E-state index contributed by atoms with van der Waals surface area (Å²) >= 11 is 0. The highest BCUT2D eigenvalue weighted by molar-refractivity contribution is 5.95. The highest BCUT2D eigenvalue weighted by Crippen LogP contribution is 2.24. The molecule has 6 heteroatoms. The van der Waals surface area contributed by atoms with Crippen molar-refractivity contribution < 1.29 is 14.3 Å². The lowest BCUT2D eigenvalue weighted by atomic mass is 10.0. The second-order valence-electron chi connectivity index (χ2n) is 5.71. The smallest absolute Gasteiger partial charge is 0.276 e. The van der Waals surface area contributed by atoms with Crippen LogP contribution in [0.25, 0.3) is 0 Å². The molecule has 1 aromatic heterocycles. The van der Waals surface area contributed by atoms with Crippen LogP contribution in [0.15, 0.2) is 42.7 Å². The normalized spacial score (nSPS) is 10.3. The number of ether oxygens (including phenoxy) is 1. The van der Waals surface area contributed by atoms with Crippen LogP contribution in [0.2, 0.25) is 0 Å². The Morgan fingerprint density at radius 2 is 2.00 bits per heavy atom. The van der Waals surface area contributed by atoms with Gasteiger partial charge in [-0.2, -0.15) is 0 Å². The summed E-state index contributed by atoms with van der Waals surface area (Å²) in [6.45, 7) is 5.92. The molecule has 2 amide bonds. The van der Waals surface area contributed by atoms with Crippen molar-refractivity contribution in [3.05, 3.63) is 59.4 Å². The molecule has 0 unspecified atom stereocenters. The monoisotopic (exact) mass is 327 g/mol. The fourth-order valence-electron chi connectivity index (χ4n) is 2.01. The summed E-state index contributed by atoms with van der Waals surface area (Å²) in [5, 5.41) is 0. The summed E-state index contributed by atoms with van der Waals surface area (Å²) in [5.41, 5.74) is 7.09. The van der Waals surface area contributed by atoms with Crippen LogP contribution in [-0.2, 0) is 4.79 Å². The number of pyridine rings is 1. The topological polar surface area (TPSA) is 80.3 Å². The van der Waals surface area contributed by atoms with Crippen LogP contribution in [0.4, 0.5) is 0 Å². The van der Waals surface area contributed by atoms with Crippen molar-refractivity contribution in [1.29, 1.82) is 0 Å². The van der Waals surface area contributed by atoms with E-state index in [-0.39, 0.29) is 6.61 Å². The third-order valence-electron chi connectivity index (χ3n) is 3.48. The molecule has 0 bridgehead atoms. The van der Waals surface area contributed by atoms with E-state index in [1.807, 2.05) is 25.1 Å². The molecule has 1 heterocycles. The minimum Gasteiger partial charge on any atom is -0.483 e. The number of nitrogens with zero attached hydrogens (tertiary/aromatic N) is 1. The van der Waals surface area contributed by atoms with Gasteiger partial charge in [0.15, 0.2) is 6.61 Å². The lowest BCUT2D eigenvalue weighted by Gasteiger charge is -2.13. The molecule has 0 radical (unpaired) electrons. The first-order valence-electron chi connectivity index (χ1n) is 7.70. The van der Waals surface area contributed by atoms with E-state index in [0.29, 0.717) is 17.2 Å². The number of nitrogens with one attached hydrogen (secondary N) is 2. The van der Waals surface area contributed by atoms with Gasteiger partial charge < -0.3 is 4.74 Å². The molecule has 2 aromatic rings. The molecule has 0 aliphatic heterocycles. The highest BCUT2D eigenvalue weighted by atomic mass is 16.5. The van der Waals surface area contributed by atoms with Crippen molar-refractivity contribution in [3.63, 3.8) is 0 Å². The first kappa shape index (κ1) is 17.5. The summed E-state index contributed by atoms with van der Waals surface area (Å²) in [5.74, 6) is 0.159. The number of benzene rings is 1. The second-order valence-corrected chi connectivity index (χ2v) is 5.71. The molecular weight excluding hydrogens is 306 g/mol. The van der Waals surface area contributed by atoms with Crippen molar-refractivity contribution in [3.8, 4) is 5.75 Å². The Morgan fingerprint density at radius 3 is 2.67 bits per heavy atom. The minimum atomic E-state index is -0.443. The summed E-state index contributed by atoms with van der Waals surface area (Å²) in [6, 6.07) is 9.19. The molecule has 0 aliphatic carbocycles. The Morgan fingerprint density at radius 1 is 1.21 bits per heavy atom. The first-order chi connectivity index (χ1) is 11.5. The molecule has 0 fully saturated rings. The molecular formula is C18H21N3O3. The van der Waals surface area contributed by atoms with E-state index in [1.54, 1.807) is 18.3 Å². The average molecular weight is 327 g/mol. The number of hydrazine groups is 1. The molecule has 0 aliphatic rings. The molecule has 0 spiro atoms. The molecule has 6 nitrogen and oxygen atoms in total. The molecule has 0 atom stereocenters. The van der Waals surface area contributed by atoms with Gasteiger partial charge in [-0.3, -0.25) is 25.4 Å².